The van der Waals surface area contributed by atoms with Gasteiger partial charge in [-0.25, -0.2) is 4.68 Å². The second-order valence-corrected chi connectivity index (χ2v) is 8.17. The predicted molar refractivity (Wildman–Crippen MR) is 115 cm³/mol. The summed E-state index contributed by atoms with van der Waals surface area (Å²) in [6.45, 7) is 4.73. The highest BCUT2D eigenvalue weighted by Gasteiger charge is 2.26. The Morgan fingerprint density at radius 1 is 1.27 bits per heavy atom. The van der Waals surface area contributed by atoms with Crippen LogP contribution in [0.3, 0.4) is 0 Å². The largest absolute Gasteiger partial charge is 0.480 e. The molecule has 1 N–H and O–H groups in total. The molecular weight excluding hydrogens is 400 g/mol. The fourth-order valence-corrected chi connectivity index (χ4v) is 4.73. The minimum absolute atomic E-state index is 0.111. The summed E-state index contributed by atoms with van der Waals surface area (Å²) in [7, 11) is 1.54. The average molecular weight is 427 g/mol. The number of carbonyl (C=O) groups excluding carboxylic acids is 1. The third-order valence-corrected chi connectivity index (χ3v) is 6.38. The topological polar surface area (TPSA) is 85.2 Å². The van der Waals surface area contributed by atoms with Gasteiger partial charge in [0.05, 0.1) is 30.6 Å². The van der Waals surface area contributed by atoms with Gasteiger partial charge in [0.25, 0.3) is 5.91 Å². The van der Waals surface area contributed by atoms with E-state index in [-0.39, 0.29) is 11.9 Å². The molecule has 3 aromatic rings. The maximum absolute atomic E-state index is 13.0. The number of aromatic nitrogens is 4. The molecule has 0 aromatic carbocycles. The number of rotatable bonds is 8. The summed E-state index contributed by atoms with van der Waals surface area (Å²) in [6, 6.07) is 7.94. The molecule has 0 bridgehead atoms. The smallest absolute Gasteiger partial charge is 0.254 e. The number of likely N-dealkylation sites (tertiary alicyclic amines) is 1. The zero-order valence-electron chi connectivity index (χ0n) is 17.2. The summed E-state index contributed by atoms with van der Waals surface area (Å²) in [5, 5.41) is 17.8. The first kappa shape index (κ1) is 20.5. The molecule has 1 amide bonds. The maximum Gasteiger partial charge on any atom is 0.254 e. The average Bonchev–Trinajstić information content (AvgIpc) is 3.55. The van der Waals surface area contributed by atoms with Crippen LogP contribution in [0.4, 0.5) is 0 Å². The summed E-state index contributed by atoms with van der Waals surface area (Å²) in [4.78, 5) is 16.8. The van der Waals surface area contributed by atoms with E-state index < -0.39 is 0 Å². The van der Waals surface area contributed by atoms with Crippen LogP contribution in [0.25, 0.3) is 5.82 Å². The molecule has 1 aliphatic rings. The molecule has 4 rings (SSSR count). The lowest BCUT2D eigenvalue weighted by atomic mass is 10.1. The number of hydrogen-bond donors (Lipinski definition) is 1. The number of methoxy groups -OCH3 is 1. The lowest BCUT2D eigenvalue weighted by Gasteiger charge is -2.26. The number of amides is 1. The molecule has 9 heteroatoms. The Hall–Kier alpha value is -2.78. The predicted octanol–water partition coefficient (Wildman–Crippen LogP) is 2.86. The van der Waals surface area contributed by atoms with Crippen molar-refractivity contribution in [1.29, 1.82) is 0 Å². The van der Waals surface area contributed by atoms with Crippen molar-refractivity contribution in [3.63, 3.8) is 0 Å². The van der Waals surface area contributed by atoms with Crippen molar-refractivity contribution in [2.45, 2.75) is 32.2 Å². The van der Waals surface area contributed by atoms with Gasteiger partial charge in [0.2, 0.25) is 5.88 Å². The molecule has 0 radical (unpaired) electrons. The molecular formula is C21H26N6O2S. The van der Waals surface area contributed by atoms with E-state index in [9.17, 15) is 4.79 Å². The fourth-order valence-electron chi connectivity index (χ4n) is 3.86. The monoisotopic (exact) mass is 426 g/mol. The van der Waals surface area contributed by atoms with E-state index >= 15 is 0 Å². The van der Waals surface area contributed by atoms with Crippen molar-refractivity contribution in [2.75, 3.05) is 26.7 Å². The fraction of sp³-hybridized carbons (Fsp3) is 0.429. The Balaban J connectivity index is 1.50. The van der Waals surface area contributed by atoms with Gasteiger partial charge in [-0.05, 0) is 49.9 Å². The van der Waals surface area contributed by atoms with Crippen LogP contribution in [0.15, 0.2) is 35.8 Å². The van der Waals surface area contributed by atoms with E-state index in [2.05, 4.69) is 43.0 Å². The normalized spacial score (nSPS) is 15.3. The number of nitrogens with one attached hydrogen (secondary N) is 1. The van der Waals surface area contributed by atoms with E-state index in [1.807, 2.05) is 6.92 Å². The van der Waals surface area contributed by atoms with Gasteiger partial charge in [0, 0.05) is 17.5 Å². The first-order valence-corrected chi connectivity index (χ1v) is 11.1. The minimum Gasteiger partial charge on any atom is -0.480 e. The Morgan fingerprint density at radius 3 is 2.73 bits per heavy atom. The second-order valence-electron chi connectivity index (χ2n) is 7.19. The van der Waals surface area contributed by atoms with Crippen molar-refractivity contribution < 1.29 is 9.53 Å². The van der Waals surface area contributed by atoms with E-state index in [4.69, 9.17) is 4.74 Å². The zero-order chi connectivity index (χ0) is 20.9. The van der Waals surface area contributed by atoms with Gasteiger partial charge in [-0.2, -0.15) is 5.10 Å². The van der Waals surface area contributed by atoms with E-state index in [0.717, 1.165) is 18.8 Å². The summed E-state index contributed by atoms with van der Waals surface area (Å²) < 4.78 is 6.73. The van der Waals surface area contributed by atoms with Crippen molar-refractivity contribution in [1.82, 2.24) is 30.2 Å². The maximum atomic E-state index is 13.0. The molecule has 158 valence electrons. The van der Waals surface area contributed by atoms with Crippen LogP contribution in [0.5, 0.6) is 5.88 Å². The highest BCUT2D eigenvalue weighted by molar-refractivity contribution is 7.10. The van der Waals surface area contributed by atoms with Gasteiger partial charge >= 0.3 is 0 Å². The molecule has 1 unspecified atom stereocenters. The highest BCUT2D eigenvalue weighted by Crippen LogP contribution is 2.28. The van der Waals surface area contributed by atoms with Crippen LogP contribution in [-0.2, 0) is 6.42 Å². The number of hydrogen-bond acceptors (Lipinski definition) is 7. The Kier molecular flexibility index (Phi) is 6.39. The molecule has 3 aromatic heterocycles. The van der Waals surface area contributed by atoms with Gasteiger partial charge in [-0.1, -0.05) is 13.0 Å². The van der Waals surface area contributed by atoms with Crippen LogP contribution in [0.2, 0.25) is 0 Å². The Labute approximate surface area is 179 Å². The summed E-state index contributed by atoms with van der Waals surface area (Å²) in [6.07, 6.45) is 4.68. The third-order valence-electron chi connectivity index (χ3n) is 5.41. The Morgan fingerprint density at radius 2 is 2.10 bits per heavy atom. The molecule has 1 atom stereocenters. The van der Waals surface area contributed by atoms with E-state index in [0.29, 0.717) is 30.2 Å². The number of thiophene rings is 1. The van der Waals surface area contributed by atoms with Gasteiger partial charge in [0.1, 0.15) is 0 Å². The van der Waals surface area contributed by atoms with Crippen LogP contribution in [0.1, 0.15) is 46.7 Å². The zero-order valence-corrected chi connectivity index (χ0v) is 18.1. The molecule has 0 spiro atoms. The quantitative estimate of drug-likeness (QED) is 0.596. The van der Waals surface area contributed by atoms with E-state index in [1.54, 1.807) is 41.5 Å². The molecule has 0 aliphatic carbocycles. The van der Waals surface area contributed by atoms with Crippen LogP contribution < -0.4 is 10.1 Å². The van der Waals surface area contributed by atoms with E-state index in [1.165, 1.54) is 17.7 Å². The summed E-state index contributed by atoms with van der Waals surface area (Å²) in [5.41, 5.74) is 1.38. The van der Waals surface area contributed by atoms with Gasteiger partial charge < -0.3 is 10.1 Å². The lowest BCUT2D eigenvalue weighted by molar-refractivity contribution is 0.0937. The molecule has 1 saturated heterocycles. The molecule has 8 nitrogen and oxygen atoms in total. The number of nitrogens with zero attached hydrogens (tertiary/aromatic N) is 5. The van der Waals surface area contributed by atoms with Crippen LogP contribution >= 0.6 is 11.3 Å². The van der Waals surface area contributed by atoms with Crippen LogP contribution in [-0.4, -0.2) is 57.5 Å². The summed E-state index contributed by atoms with van der Waals surface area (Å²) in [5.74, 6) is 0.879. The SMILES string of the molecule is CCc1c(C(=O)NCC(c2cccs2)N2CCCC2)cnn1-c1ccc(OC)nn1. The molecule has 1 aliphatic heterocycles. The molecule has 4 heterocycles. The van der Waals surface area contributed by atoms with Gasteiger partial charge in [-0.15, -0.1) is 21.5 Å². The van der Waals surface area contributed by atoms with Crippen LogP contribution in [0, 0.1) is 0 Å². The second kappa shape index (κ2) is 9.36. The minimum atomic E-state index is -0.111. The lowest BCUT2D eigenvalue weighted by Crippen LogP contribution is -2.36. The molecule has 1 fully saturated rings. The summed E-state index contributed by atoms with van der Waals surface area (Å²) >= 11 is 1.74. The first-order valence-electron chi connectivity index (χ1n) is 10.2. The molecule has 30 heavy (non-hydrogen) atoms. The van der Waals surface area contributed by atoms with Crippen molar-refractivity contribution in [2.24, 2.45) is 0 Å². The first-order chi connectivity index (χ1) is 14.7. The van der Waals surface area contributed by atoms with Crippen molar-refractivity contribution >= 4 is 17.2 Å². The van der Waals surface area contributed by atoms with Crippen molar-refractivity contribution in [3.05, 3.63) is 52.0 Å². The third kappa shape index (κ3) is 4.22. The highest BCUT2D eigenvalue weighted by atomic mass is 32.1. The number of ether oxygens (including phenoxy) is 1. The molecule has 0 saturated carbocycles. The van der Waals surface area contributed by atoms with Gasteiger partial charge in [-0.3, -0.25) is 9.69 Å². The number of carbonyl (C=O) groups is 1. The Bertz CT molecular complexity index is 964. The van der Waals surface area contributed by atoms with Crippen molar-refractivity contribution in [3.8, 4) is 11.7 Å². The standard InChI is InChI=1S/C21H26N6O2S/c1-3-16-15(13-23-27(16)19-8-9-20(29-2)25-24-19)21(28)22-14-17(18-7-6-12-30-18)26-10-4-5-11-26/h6-9,12-13,17H,3-5,10-11,14H2,1-2H3,(H,22,28). The van der Waals surface area contributed by atoms with Gasteiger partial charge in [0.15, 0.2) is 5.82 Å².